The second-order valence-corrected chi connectivity index (χ2v) is 7.96. The Morgan fingerprint density at radius 2 is 1.85 bits per heavy atom. The molecule has 1 aliphatic carbocycles. The van der Waals surface area contributed by atoms with Crippen molar-refractivity contribution >= 4 is 15.9 Å². The Morgan fingerprint density at radius 3 is 2.62 bits per heavy atom. The normalized spacial score (nSPS) is 21.1. The van der Waals surface area contributed by atoms with Gasteiger partial charge >= 0.3 is 0 Å². The number of nitrogens with one attached hydrogen (secondary N) is 1. The Morgan fingerprint density at radius 1 is 1.08 bits per heavy atom. The zero-order valence-electron chi connectivity index (χ0n) is 13.6. The second kappa shape index (κ2) is 6.28. The lowest BCUT2D eigenvalue weighted by molar-refractivity contribution is -0.120. The van der Waals surface area contributed by atoms with Gasteiger partial charge in [-0.3, -0.25) is 4.79 Å². The average molecular weight is 377 g/mol. The maximum atomic E-state index is 13.3. The van der Waals surface area contributed by atoms with E-state index in [2.05, 4.69) is 4.72 Å². The molecular weight excluding hydrogens is 361 g/mol. The molecule has 0 unspecified atom stereocenters. The molecule has 2 aromatic carbocycles. The Bertz CT molecular complexity index is 975. The molecule has 2 aromatic rings. The number of rotatable bonds is 4. The lowest BCUT2D eigenvalue weighted by Gasteiger charge is -2.18. The van der Waals surface area contributed by atoms with Gasteiger partial charge in [-0.15, -0.1) is 0 Å². The molecule has 4 rings (SSSR count). The van der Waals surface area contributed by atoms with Gasteiger partial charge in [-0.05, 0) is 42.2 Å². The minimum Gasteiger partial charge on any atom is -0.486 e. The number of fused-ring (bicyclic) bond motifs is 1. The molecule has 1 aliphatic heterocycles. The number of carbonyl (C=O) groups is 1. The number of hydrogen-bond donors (Lipinski definition) is 1. The second-order valence-electron chi connectivity index (χ2n) is 6.28. The van der Waals surface area contributed by atoms with Crippen molar-refractivity contribution in [1.82, 2.24) is 4.72 Å². The van der Waals surface area contributed by atoms with Crippen LogP contribution in [0.5, 0.6) is 11.5 Å². The van der Waals surface area contributed by atoms with Crippen molar-refractivity contribution in [2.45, 2.75) is 17.2 Å². The van der Waals surface area contributed by atoms with Gasteiger partial charge in [0.1, 0.15) is 19.0 Å². The van der Waals surface area contributed by atoms with Gasteiger partial charge in [0.2, 0.25) is 5.91 Å². The fourth-order valence-corrected chi connectivity index (χ4v) is 4.09. The molecule has 1 N–H and O–H groups in total. The highest BCUT2D eigenvalue weighted by molar-refractivity contribution is 7.90. The molecule has 6 nitrogen and oxygen atoms in total. The van der Waals surface area contributed by atoms with E-state index < -0.39 is 21.8 Å². The molecule has 0 aromatic heterocycles. The molecule has 0 radical (unpaired) electrons. The van der Waals surface area contributed by atoms with Gasteiger partial charge in [0.25, 0.3) is 10.0 Å². The zero-order valence-corrected chi connectivity index (χ0v) is 14.5. The molecule has 1 fully saturated rings. The van der Waals surface area contributed by atoms with Gasteiger partial charge in [-0.2, -0.15) is 0 Å². The van der Waals surface area contributed by atoms with Gasteiger partial charge in [0.15, 0.2) is 11.5 Å². The predicted octanol–water partition coefficient (Wildman–Crippen LogP) is 2.21. The summed E-state index contributed by atoms with van der Waals surface area (Å²) in [6.07, 6.45) is 0.492. The molecule has 0 saturated heterocycles. The quantitative estimate of drug-likeness (QED) is 0.883. The lowest BCUT2D eigenvalue weighted by Crippen LogP contribution is -2.32. The van der Waals surface area contributed by atoms with E-state index in [0.29, 0.717) is 36.7 Å². The number of ether oxygens (including phenoxy) is 2. The Balaban J connectivity index is 1.47. The largest absolute Gasteiger partial charge is 0.486 e. The van der Waals surface area contributed by atoms with Crippen LogP contribution in [0.4, 0.5) is 4.39 Å². The monoisotopic (exact) mass is 377 g/mol. The smallest absolute Gasteiger partial charge is 0.264 e. The number of benzene rings is 2. The van der Waals surface area contributed by atoms with Gasteiger partial charge in [-0.25, -0.2) is 17.5 Å². The zero-order chi connectivity index (χ0) is 18.3. The first-order valence-corrected chi connectivity index (χ1v) is 9.64. The predicted molar refractivity (Wildman–Crippen MR) is 90.0 cm³/mol. The van der Waals surface area contributed by atoms with Crippen LogP contribution in [0, 0.1) is 11.7 Å². The average Bonchev–Trinajstić information content (AvgIpc) is 3.42. The third-order valence-corrected chi connectivity index (χ3v) is 5.81. The lowest BCUT2D eigenvalue weighted by atomic mass is 10.1. The molecule has 8 heteroatoms. The Labute approximate surface area is 150 Å². The summed E-state index contributed by atoms with van der Waals surface area (Å²) in [4.78, 5) is 12.2. The van der Waals surface area contributed by atoms with E-state index in [4.69, 9.17) is 9.47 Å². The fourth-order valence-electron chi connectivity index (χ4n) is 3.05. The summed E-state index contributed by atoms with van der Waals surface area (Å²) in [6.45, 7) is 0.735. The molecule has 2 atom stereocenters. The molecule has 1 amide bonds. The SMILES string of the molecule is O=C(NS(=O)(=O)c1ccc2c(c1)OCCO2)[C@@H]1C[C@H]1c1cccc(F)c1. The van der Waals surface area contributed by atoms with Crippen molar-refractivity contribution < 1.29 is 27.1 Å². The molecule has 0 bridgehead atoms. The molecule has 136 valence electrons. The minimum atomic E-state index is -4.02. The summed E-state index contributed by atoms with van der Waals surface area (Å²) >= 11 is 0. The standard InChI is InChI=1S/C18H16FNO5S/c19-12-3-1-2-11(8-12)14-10-15(14)18(21)20-26(22,23)13-4-5-16-17(9-13)25-7-6-24-16/h1-5,8-9,14-15H,6-7,10H2,(H,20,21)/t14-,15+/m0/s1. The van der Waals surface area contributed by atoms with Gasteiger partial charge in [0, 0.05) is 12.0 Å². The molecule has 1 heterocycles. The van der Waals surface area contributed by atoms with Crippen LogP contribution in [-0.2, 0) is 14.8 Å². The van der Waals surface area contributed by atoms with Gasteiger partial charge in [-0.1, -0.05) is 12.1 Å². The summed E-state index contributed by atoms with van der Waals surface area (Å²) in [5.41, 5.74) is 0.696. The topological polar surface area (TPSA) is 81.7 Å². The minimum absolute atomic E-state index is 0.0712. The van der Waals surface area contributed by atoms with E-state index >= 15 is 0 Å². The number of halogens is 1. The van der Waals surface area contributed by atoms with Crippen molar-refractivity contribution in [3.05, 3.63) is 53.8 Å². The highest BCUT2D eigenvalue weighted by Gasteiger charge is 2.45. The van der Waals surface area contributed by atoms with Crippen molar-refractivity contribution in [3.8, 4) is 11.5 Å². The summed E-state index contributed by atoms with van der Waals surface area (Å²) in [7, 11) is -4.02. The van der Waals surface area contributed by atoms with Gasteiger partial charge < -0.3 is 9.47 Å². The van der Waals surface area contributed by atoms with Crippen molar-refractivity contribution in [1.29, 1.82) is 0 Å². The summed E-state index contributed by atoms with van der Waals surface area (Å²) in [6, 6.07) is 10.2. The van der Waals surface area contributed by atoms with Crippen molar-refractivity contribution in [2.24, 2.45) is 5.92 Å². The fraction of sp³-hybridized carbons (Fsp3) is 0.278. The Kier molecular flexibility index (Phi) is 4.07. The number of sulfonamides is 1. The van der Waals surface area contributed by atoms with E-state index in [1.807, 2.05) is 0 Å². The first-order chi connectivity index (χ1) is 12.4. The molecular formula is C18H16FNO5S. The van der Waals surface area contributed by atoms with Crippen LogP contribution in [0.2, 0.25) is 0 Å². The van der Waals surface area contributed by atoms with Crippen LogP contribution in [0.25, 0.3) is 0 Å². The van der Waals surface area contributed by atoms with Crippen molar-refractivity contribution in [3.63, 3.8) is 0 Å². The highest BCUT2D eigenvalue weighted by atomic mass is 32.2. The van der Waals surface area contributed by atoms with E-state index in [-0.39, 0.29) is 16.6 Å². The molecule has 1 saturated carbocycles. The van der Waals surface area contributed by atoms with Crippen LogP contribution >= 0.6 is 0 Å². The van der Waals surface area contributed by atoms with E-state index in [9.17, 15) is 17.6 Å². The van der Waals surface area contributed by atoms with Gasteiger partial charge in [0.05, 0.1) is 4.90 Å². The maximum Gasteiger partial charge on any atom is 0.264 e. The molecule has 2 aliphatic rings. The Hall–Kier alpha value is -2.61. The van der Waals surface area contributed by atoms with E-state index in [1.165, 1.54) is 30.3 Å². The van der Waals surface area contributed by atoms with Crippen LogP contribution in [0.3, 0.4) is 0 Å². The van der Waals surface area contributed by atoms with Crippen LogP contribution in [-0.4, -0.2) is 27.5 Å². The molecule has 26 heavy (non-hydrogen) atoms. The third-order valence-electron chi connectivity index (χ3n) is 4.46. The summed E-state index contributed by atoms with van der Waals surface area (Å²) in [5.74, 6) is -0.818. The maximum absolute atomic E-state index is 13.3. The van der Waals surface area contributed by atoms with Crippen molar-refractivity contribution in [2.75, 3.05) is 13.2 Å². The first kappa shape index (κ1) is 16.8. The van der Waals surface area contributed by atoms with E-state index in [0.717, 1.165) is 0 Å². The number of amides is 1. The van der Waals surface area contributed by atoms with E-state index in [1.54, 1.807) is 12.1 Å². The first-order valence-electron chi connectivity index (χ1n) is 8.16. The molecule has 0 spiro atoms. The van der Waals surface area contributed by atoms with Crippen LogP contribution < -0.4 is 14.2 Å². The number of hydrogen-bond acceptors (Lipinski definition) is 5. The summed E-state index contributed by atoms with van der Waals surface area (Å²) < 4.78 is 51.1. The summed E-state index contributed by atoms with van der Waals surface area (Å²) in [5, 5.41) is 0. The van der Waals surface area contributed by atoms with Crippen LogP contribution in [0.15, 0.2) is 47.4 Å². The highest BCUT2D eigenvalue weighted by Crippen LogP contribution is 2.47. The number of carbonyl (C=O) groups excluding carboxylic acids is 1. The van der Waals surface area contributed by atoms with Crippen LogP contribution in [0.1, 0.15) is 17.9 Å². The third kappa shape index (κ3) is 3.24.